The molecule has 0 aliphatic heterocycles. The standard InChI is InChI=1S/C23H23F2N5/c1-13-16(11-26)6-5-7-17(13)14(2)28-21-18-10-20(23(8-9-23)22(24)25)27-12-19(18)30(4)15(3)29-21/h5-7,10,12,14,22H,8-9H2,1-4H3/b28-21-/t14-/m1/s1. The summed E-state index contributed by atoms with van der Waals surface area (Å²) in [5.74, 6) is 0.750. The van der Waals surface area contributed by atoms with Crippen LogP contribution in [-0.2, 0) is 12.5 Å². The summed E-state index contributed by atoms with van der Waals surface area (Å²) in [4.78, 5) is 13.9. The van der Waals surface area contributed by atoms with E-state index in [-0.39, 0.29) is 6.04 Å². The van der Waals surface area contributed by atoms with Crippen LogP contribution in [0.25, 0.3) is 10.9 Å². The van der Waals surface area contributed by atoms with Gasteiger partial charge in [0, 0.05) is 12.4 Å². The summed E-state index contributed by atoms with van der Waals surface area (Å²) < 4.78 is 29.2. The van der Waals surface area contributed by atoms with Crippen LogP contribution in [0.2, 0.25) is 0 Å². The normalized spacial score (nSPS) is 16.7. The summed E-state index contributed by atoms with van der Waals surface area (Å²) in [5.41, 5.74) is 3.00. The van der Waals surface area contributed by atoms with E-state index >= 15 is 0 Å². The summed E-state index contributed by atoms with van der Waals surface area (Å²) in [5, 5.41) is 10.0. The predicted octanol–water partition coefficient (Wildman–Crippen LogP) is 4.42. The molecule has 2 heterocycles. The highest BCUT2D eigenvalue weighted by molar-refractivity contribution is 5.78. The molecule has 30 heavy (non-hydrogen) atoms. The number of rotatable bonds is 4. The molecule has 0 N–H and O–H groups in total. The summed E-state index contributed by atoms with van der Waals surface area (Å²) in [6.45, 7) is 5.73. The highest BCUT2D eigenvalue weighted by Crippen LogP contribution is 2.52. The third-order valence-electron chi connectivity index (χ3n) is 6.22. The van der Waals surface area contributed by atoms with Crippen LogP contribution < -0.4 is 5.49 Å². The van der Waals surface area contributed by atoms with E-state index in [1.807, 2.05) is 44.5 Å². The Morgan fingerprint density at radius 1 is 1.27 bits per heavy atom. The number of aromatic nitrogens is 3. The van der Waals surface area contributed by atoms with Gasteiger partial charge in [-0.2, -0.15) is 5.26 Å². The van der Waals surface area contributed by atoms with E-state index in [1.165, 1.54) is 0 Å². The van der Waals surface area contributed by atoms with Gasteiger partial charge in [0.05, 0.1) is 40.5 Å². The van der Waals surface area contributed by atoms with Crippen LogP contribution in [0.15, 0.2) is 35.5 Å². The zero-order valence-electron chi connectivity index (χ0n) is 17.4. The van der Waals surface area contributed by atoms with E-state index in [0.717, 1.165) is 22.5 Å². The Morgan fingerprint density at radius 3 is 2.63 bits per heavy atom. The average molecular weight is 407 g/mol. The largest absolute Gasteiger partial charge is 0.331 e. The predicted molar refractivity (Wildman–Crippen MR) is 110 cm³/mol. The minimum absolute atomic E-state index is 0.247. The summed E-state index contributed by atoms with van der Waals surface area (Å²) in [6, 6.07) is 9.26. The second-order valence-corrected chi connectivity index (χ2v) is 8.02. The third kappa shape index (κ3) is 3.17. The molecular formula is C23H23F2N5. The van der Waals surface area contributed by atoms with Crippen LogP contribution in [0.3, 0.4) is 0 Å². The Morgan fingerprint density at radius 2 is 2.00 bits per heavy atom. The summed E-state index contributed by atoms with van der Waals surface area (Å²) in [7, 11) is 1.87. The van der Waals surface area contributed by atoms with Crippen LogP contribution in [0, 0.1) is 25.2 Å². The van der Waals surface area contributed by atoms with Crippen molar-refractivity contribution in [3.8, 4) is 6.07 Å². The van der Waals surface area contributed by atoms with Gasteiger partial charge in [0.1, 0.15) is 5.82 Å². The first-order valence-electron chi connectivity index (χ1n) is 9.94. The van der Waals surface area contributed by atoms with Gasteiger partial charge in [-0.25, -0.2) is 13.8 Å². The first-order valence-corrected chi connectivity index (χ1v) is 9.94. The summed E-state index contributed by atoms with van der Waals surface area (Å²) >= 11 is 0. The van der Waals surface area contributed by atoms with Crippen molar-refractivity contribution in [2.75, 3.05) is 0 Å². The topological polar surface area (TPSA) is 66.9 Å². The quantitative estimate of drug-likeness (QED) is 0.643. The number of benzene rings is 1. The van der Waals surface area contributed by atoms with Gasteiger partial charge in [0.2, 0.25) is 6.43 Å². The van der Waals surface area contributed by atoms with Crippen molar-refractivity contribution < 1.29 is 8.78 Å². The SMILES string of the molecule is Cc1c(C#N)cccc1[C@@H](C)/N=c1\nc(C)n(C)c2cnc(C3(C(F)F)CC3)cc12. The number of pyridine rings is 1. The van der Waals surface area contributed by atoms with E-state index in [0.29, 0.717) is 35.0 Å². The fraction of sp³-hybridized carbons (Fsp3) is 0.391. The molecule has 1 atom stereocenters. The Hall–Kier alpha value is -3.14. The molecule has 0 spiro atoms. The second-order valence-electron chi connectivity index (χ2n) is 8.02. The summed E-state index contributed by atoms with van der Waals surface area (Å²) in [6.07, 6.45) is 0.0905. The van der Waals surface area contributed by atoms with Gasteiger partial charge in [0.25, 0.3) is 0 Å². The van der Waals surface area contributed by atoms with Crippen molar-refractivity contribution in [2.24, 2.45) is 12.0 Å². The van der Waals surface area contributed by atoms with Crippen molar-refractivity contribution in [1.29, 1.82) is 5.26 Å². The lowest BCUT2D eigenvalue weighted by Gasteiger charge is -2.16. The minimum Gasteiger partial charge on any atom is -0.331 e. The van der Waals surface area contributed by atoms with Gasteiger partial charge in [-0.3, -0.25) is 9.98 Å². The Balaban J connectivity index is 1.92. The van der Waals surface area contributed by atoms with Gasteiger partial charge in [-0.15, -0.1) is 0 Å². The second kappa shape index (κ2) is 7.28. The molecule has 0 unspecified atom stereocenters. The van der Waals surface area contributed by atoms with E-state index in [1.54, 1.807) is 18.3 Å². The number of hydrogen-bond acceptors (Lipinski definition) is 4. The first kappa shape index (κ1) is 20.1. The average Bonchev–Trinajstić information content (AvgIpc) is 3.54. The Kier molecular flexibility index (Phi) is 4.89. The van der Waals surface area contributed by atoms with E-state index in [2.05, 4.69) is 16.0 Å². The minimum atomic E-state index is -2.44. The highest BCUT2D eigenvalue weighted by atomic mass is 19.3. The maximum atomic E-state index is 13.6. The Bertz CT molecular complexity index is 1250. The van der Waals surface area contributed by atoms with Gasteiger partial charge in [-0.05, 0) is 56.9 Å². The molecular weight excluding hydrogens is 384 g/mol. The molecule has 0 saturated heterocycles. The molecule has 5 nitrogen and oxygen atoms in total. The van der Waals surface area contributed by atoms with Crippen molar-refractivity contribution in [3.63, 3.8) is 0 Å². The number of hydrogen-bond donors (Lipinski definition) is 0. The van der Waals surface area contributed by atoms with Crippen molar-refractivity contribution >= 4 is 10.9 Å². The molecule has 154 valence electrons. The van der Waals surface area contributed by atoms with Gasteiger partial charge < -0.3 is 4.57 Å². The smallest absolute Gasteiger partial charge is 0.249 e. The van der Waals surface area contributed by atoms with Crippen LogP contribution in [-0.4, -0.2) is 21.0 Å². The fourth-order valence-electron chi connectivity index (χ4n) is 3.93. The first-order chi connectivity index (χ1) is 14.3. The number of fused-ring (bicyclic) bond motifs is 1. The van der Waals surface area contributed by atoms with Crippen LogP contribution >= 0.6 is 0 Å². The number of nitrogens with zero attached hydrogens (tertiary/aromatic N) is 5. The van der Waals surface area contributed by atoms with Crippen molar-refractivity contribution in [1.82, 2.24) is 14.5 Å². The highest BCUT2D eigenvalue weighted by Gasteiger charge is 2.53. The lowest BCUT2D eigenvalue weighted by atomic mass is 9.98. The lowest BCUT2D eigenvalue weighted by molar-refractivity contribution is 0.0999. The number of aryl methyl sites for hydroxylation is 2. The molecule has 3 aromatic rings. The molecule has 1 aromatic carbocycles. The maximum Gasteiger partial charge on any atom is 0.249 e. The number of nitriles is 1. The Labute approximate surface area is 173 Å². The van der Waals surface area contributed by atoms with Crippen LogP contribution in [0.1, 0.15) is 54.0 Å². The van der Waals surface area contributed by atoms with E-state index < -0.39 is 11.8 Å². The van der Waals surface area contributed by atoms with Crippen molar-refractivity contribution in [2.45, 2.75) is 51.5 Å². The molecule has 7 heteroatoms. The monoisotopic (exact) mass is 407 g/mol. The molecule has 1 saturated carbocycles. The fourth-order valence-corrected chi connectivity index (χ4v) is 3.93. The molecule has 1 aliphatic rings. The maximum absolute atomic E-state index is 13.6. The van der Waals surface area contributed by atoms with Crippen molar-refractivity contribution in [3.05, 3.63) is 64.2 Å². The van der Waals surface area contributed by atoms with E-state index in [4.69, 9.17) is 4.99 Å². The molecule has 1 aliphatic carbocycles. The van der Waals surface area contributed by atoms with Crippen LogP contribution in [0.5, 0.6) is 0 Å². The van der Waals surface area contributed by atoms with Gasteiger partial charge in [0.15, 0.2) is 5.49 Å². The molecule has 4 rings (SSSR count). The number of halogens is 2. The lowest BCUT2D eigenvalue weighted by Crippen LogP contribution is -2.22. The molecule has 0 amide bonds. The molecule has 1 fully saturated rings. The van der Waals surface area contributed by atoms with Gasteiger partial charge in [-0.1, -0.05) is 12.1 Å². The zero-order chi connectivity index (χ0) is 21.6. The third-order valence-corrected chi connectivity index (χ3v) is 6.22. The molecule has 2 aromatic heterocycles. The zero-order valence-corrected chi connectivity index (χ0v) is 17.4. The van der Waals surface area contributed by atoms with Crippen LogP contribution in [0.4, 0.5) is 8.78 Å². The molecule has 0 radical (unpaired) electrons. The van der Waals surface area contributed by atoms with Gasteiger partial charge >= 0.3 is 0 Å². The van der Waals surface area contributed by atoms with E-state index in [9.17, 15) is 14.0 Å². The molecule has 0 bridgehead atoms. The number of alkyl halides is 2.